The summed E-state index contributed by atoms with van der Waals surface area (Å²) in [7, 11) is 0. The van der Waals surface area contributed by atoms with Gasteiger partial charge in [-0.15, -0.1) is 11.3 Å². The number of benzene rings is 1. The van der Waals surface area contributed by atoms with Crippen LogP contribution in [0, 0.1) is 0 Å². The summed E-state index contributed by atoms with van der Waals surface area (Å²) in [4.78, 5) is 40.4. The molecule has 3 aromatic rings. The molecule has 0 spiro atoms. The van der Waals surface area contributed by atoms with Gasteiger partial charge in [-0.2, -0.15) is 0 Å². The smallest absolute Gasteiger partial charge is 0.329 e. The SMILES string of the molecule is CCc1sc2[nH]c(=O)n(CCC(N)=O)c(=O)c2c1-c1ccc(Cl)c(Cl)c1. The van der Waals surface area contributed by atoms with Crippen molar-refractivity contribution in [1.29, 1.82) is 0 Å². The monoisotopic (exact) mass is 411 g/mol. The zero-order chi connectivity index (χ0) is 19.0. The van der Waals surface area contributed by atoms with Gasteiger partial charge in [0.2, 0.25) is 5.91 Å². The Morgan fingerprint density at radius 3 is 2.62 bits per heavy atom. The second kappa shape index (κ2) is 7.26. The van der Waals surface area contributed by atoms with Crippen LogP contribution in [-0.2, 0) is 17.8 Å². The Bertz CT molecular complexity index is 1130. The molecule has 0 unspecified atom stereocenters. The number of halogens is 2. The minimum Gasteiger partial charge on any atom is -0.370 e. The molecule has 26 heavy (non-hydrogen) atoms. The number of aryl methyl sites for hydroxylation is 1. The molecule has 3 rings (SSSR count). The van der Waals surface area contributed by atoms with Crippen LogP contribution in [0.15, 0.2) is 27.8 Å². The quantitative estimate of drug-likeness (QED) is 0.674. The Morgan fingerprint density at radius 1 is 1.27 bits per heavy atom. The van der Waals surface area contributed by atoms with Crippen LogP contribution in [-0.4, -0.2) is 15.5 Å². The highest BCUT2D eigenvalue weighted by atomic mass is 35.5. The molecule has 3 N–H and O–H groups in total. The molecule has 0 saturated carbocycles. The first-order valence-corrected chi connectivity index (χ1v) is 9.43. The molecule has 0 saturated heterocycles. The Hall–Kier alpha value is -2.09. The number of nitrogens with one attached hydrogen (secondary N) is 1. The molecule has 0 aliphatic carbocycles. The number of aromatic amines is 1. The molecule has 1 amide bonds. The third-order valence-corrected chi connectivity index (χ3v) is 6.01. The van der Waals surface area contributed by atoms with Gasteiger partial charge in [-0.25, -0.2) is 4.79 Å². The maximum Gasteiger partial charge on any atom is 0.329 e. The first kappa shape index (κ1) is 18.7. The molecule has 136 valence electrons. The fraction of sp³-hybridized carbons (Fsp3) is 0.235. The van der Waals surface area contributed by atoms with E-state index in [-0.39, 0.29) is 13.0 Å². The maximum atomic E-state index is 13.0. The zero-order valence-corrected chi connectivity index (χ0v) is 16.1. The van der Waals surface area contributed by atoms with E-state index >= 15 is 0 Å². The maximum absolute atomic E-state index is 13.0. The molecule has 9 heteroatoms. The third-order valence-electron chi connectivity index (χ3n) is 4.02. The molecular formula is C17H15Cl2N3O3S. The first-order valence-electron chi connectivity index (χ1n) is 7.85. The van der Waals surface area contributed by atoms with Crippen molar-refractivity contribution in [2.45, 2.75) is 26.3 Å². The van der Waals surface area contributed by atoms with Gasteiger partial charge in [-0.3, -0.25) is 19.1 Å². The molecule has 0 radical (unpaired) electrons. The van der Waals surface area contributed by atoms with Crippen LogP contribution in [0.1, 0.15) is 18.2 Å². The van der Waals surface area contributed by atoms with E-state index in [9.17, 15) is 14.4 Å². The van der Waals surface area contributed by atoms with Gasteiger partial charge in [0, 0.05) is 23.4 Å². The summed E-state index contributed by atoms with van der Waals surface area (Å²) < 4.78 is 1.00. The topological polar surface area (TPSA) is 97.9 Å². The number of hydrogen-bond acceptors (Lipinski definition) is 4. The number of aromatic nitrogens is 2. The Morgan fingerprint density at radius 2 is 2.00 bits per heavy atom. The lowest BCUT2D eigenvalue weighted by Crippen LogP contribution is -2.36. The van der Waals surface area contributed by atoms with E-state index in [1.165, 1.54) is 11.3 Å². The van der Waals surface area contributed by atoms with E-state index in [4.69, 9.17) is 28.9 Å². The summed E-state index contributed by atoms with van der Waals surface area (Å²) in [6.45, 7) is 1.90. The standard InChI is InChI=1S/C17H15Cl2N3O3S/c1-2-11-13(8-3-4-9(18)10(19)7-8)14-15(26-11)21-17(25)22(16(14)24)6-5-12(20)23/h3-4,7H,2,5-6H2,1H3,(H2,20,23)(H,21,25). The normalized spacial score (nSPS) is 11.2. The summed E-state index contributed by atoms with van der Waals surface area (Å²) >= 11 is 13.5. The number of primary amides is 1. The first-order chi connectivity index (χ1) is 12.3. The molecule has 0 aliphatic heterocycles. The fourth-order valence-electron chi connectivity index (χ4n) is 2.79. The number of carbonyl (C=O) groups is 1. The molecule has 6 nitrogen and oxygen atoms in total. The van der Waals surface area contributed by atoms with Gasteiger partial charge < -0.3 is 5.73 Å². The number of hydrogen-bond donors (Lipinski definition) is 2. The van der Waals surface area contributed by atoms with E-state index in [2.05, 4.69) is 4.98 Å². The van der Waals surface area contributed by atoms with Crippen LogP contribution in [0.4, 0.5) is 0 Å². The molecule has 0 atom stereocenters. The molecule has 1 aromatic carbocycles. The zero-order valence-electron chi connectivity index (χ0n) is 13.8. The van der Waals surface area contributed by atoms with E-state index in [1.807, 2.05) is 6.92 Å². The van der Waals surface area contributed by atoms with E-state index in [0.717, 1.165) is 20.6 Å². The van der Waals surface area contributed by atoms with Crippen LogP contribution in [0.2, 0.25) is 10.0 Å². The fourth-order valence-corrected chi connectivity index (χ4v) is 4.23. The van der Waals surface area contributed by atoms with Crippen LogP contribution in [0.3, 0.4) is 0 Å². The summed E-state index contributed by atoms with van der Waals surface area (Å²) in [5, 5.41) is 1.19. The Kier molecular flexibility index (Phi) is 5.22. The molecule has 0 bridgehead atoms. The average Bonchev–Trinajstić information content (AvgIpc) is 2.95. The number of rotatable bonds is 5. The van der Waals surface area contributed by atoms with Crippen molar-refractivity contribution >= 4 is 50.7 Å². The van der Waals surface area contributed by atoms with Gasteiger partial charge >= 0.3 is 5.69 Å². The third kappa shape index (κ3) is 3.30. The largest absolute Gasteiger partial charge is 0.370 e. The predicted molar refractivity (Wildman–Crippen MR) is 105 cm³/mol. The van der Waals surface area contributed by atoms with Crippen molar-refractivity contribution in [3.63, 3.8) is 0 Å². The van der Waals surface area contributed by atoms with E-state index in [1.54, 1.807) is 18.2 Å². The molecule has 2 heterocycles. The number of nitrogens with two attached hydrogens (primary N) is 1. The summed E-state index contributed by atoms with van der Waals surface area (Å²) in [6, 6.07) is 5.15. The van der Waals surface area contributed by atoms with Gasteiger partial charge in [-0.05, 0) is 24.1 Å². The average molecular weight is 412 g/mol. The van der Waals surface area contributed by atoms with Crippen molar-refractivity contribution in [2.24, 2.45) is 5.73 Å². The highest BCUT2D eigenvalue weighted by Gasteiger charge is 2.20. The molecule has 2 aromatic heterocycles. The molecule has 0 aliphatic rings. The number of fused-ring (bicyclic) bond motifs is 1. The molecular weight excluding hydrogens is 397 g/mol. The van der Waals surface area contributed by atoms with Crippen molar-refractivity contribution < 1.29 is 4.79 Å². The predicted octanol–water partition coefficient (Wildman–Crippen LogP) is 3.16. The van der Waals surface area contributed by atoms with Crippen LogP contribution < -0.4 is 17.0 Å². The Labute approximate surface area is 162 Å². The van der Waals surface area contributed by atoms with Gasteiger partial charge in [0.05, 0.1) is 15.4 Å². The highest BCUT2D eigenvalue weighted by Crippen LogP contribution is 2.38. The Balaban J connectivity index is 2.32. The summed E-state index contributed by atoms with van der Waals surface area (Å²) in [6.07, 6.45) is 0.582. The number of carbonyl (C=O) groups excluding carboxylic acids is 1. The summed E-state index contributed by atoms with van der Waals surface area (Å²) in [5.74, 6) is -0.583. The minimum atomic E-state index is -0.583. The van der Waals surface area contributed by atoms with Crippen molar-refractivity contribution in [3.8, 4) is 11.1 Å². The van der Waals surface area contributed by atoms with Crippen LogP contribution in [0.5, 0.6) is 0 Å². The highest BCUT2D eigenvalue weighted by molar-refractivity contribution is 7.19. The number of thiophene rings is 1. The van der Waals surface area contributed by atoms with Crippen molar-refractivity contribution in [1.82, 2.24) is 9.55 Å². The lowest BCUT2D eigenvalue weighted by Gasteiger charge is -2.07. The lowest BCUT2D eigenvalue weighted by molar-refractivity contribution is -0.118. The summed E-state index contributed by atoms with van der Waals surface area (Å²) in [5.41, 5.74) is 5.59. The second-order valence-electron chi connectivity index (χ2n) is 5.69. The number of nitrogens with zero attached hydrogens (tertiary/aromatic N) is 1. The minimum absolute atomic E-state index is 0.0719. The van der Waals surface area contributed by atoms with Crippen LogP contribution in [0.25, 0.3) is 21.3 Å². The van der Waals surface area contributed by atoms with Gasteiger partial charge in [0.1, 0.15) is 4.83 Å². The molecule has 0 fully saturated rings. The second-order valence-corrected chi connectivity index (χ2v) is 7.61. The van der Waals surface area contributed by atoms with E-state index in [0.29, 0.717) is 26.7 Å². The van der Waals surface area contributed by atoms with E-state index < -0.39 is 17.2 Å². The van der Waals surface area contributed by atoms with Gasteiger partial charge in [-0.1, -0.05) is 36.2 Å². The van der Waals surface area contributed by atoms with Crippen molar-refractivity contribution in [2.75, 3.05) is 0 Å². The van der Waals surface area contributed by atoms with Gasteiger partial charge in [0.15, 0.2) is 0 Å². The number of amides is 1. The van der Waals surface area contributed by atoms with Crippen molar-refractivity contribution in [3.05, 3.63) is 54.0 Å². The lowest BCUT2D eigenvalue weighted by atomic mass is 10.0. The van der Waals surface area contributed by atoms with Crippen LogP contribution >= 0.6 is 34.5 Å². The number of H-pyrrole nitrogens is 1. The van der Waals surface area contributed by atoms with Gasteiger partial charge in [0.25, 0.3) is 5.56 Å².